The number of nitrogens with zero attached hydrogens (tertiary/aromatic N) is 3. The minimum Gasteiger partial charge on any atom is -0.384 e. The number of aromatic nitrogens is 4. The monoisotopic (exact) mass is 339 g/mol. The Bertz CT molecular complexity index is 758. The second-order valence-corrected chi connectivity index (χ2v) is 6.24. The average Bonchev–Trinajstić information content (AvgIpc) is 2.78. The summed E-state index contributed by atoms with van der Waals surface area (Å²) in [5, 5.41) is 1.82. The van der Waals surface area contributed by atoms with Gasteiger partial charge in [0.1, 0.15) is 22.5 Å². The molecule has 0 fully saturated rings. The topological polar surface area (TPSA) is 80.5 Å². The number of nitrogen functional groups attached to an aromatic ring is 1. The van der Waals surface area contributed by atoms with E-state index < -0.39 is 0 Å². The number of nitrogens with one attached hydrogen (secondary N) is 1. The molecule has 2 heterocycles. The standard InChI is InChI=1S/C13H11Cl2N5S/c1-6-17-11(16)4-13(18-6)21-5-12-19-9-2-7(14)8(15)3-10(9)20-12/h2-4H,5H2,1H3,(H,19,20)(H2,16,17,18). The highest BCUT2D eigenvalue weighted by Crippen LogP contribution is 2.28. The summed E-state index contributed by atoms with van der Waals surface area (Å²) >= 11 is 13.5. The molecule has 0 radical (unpaired) electrons. The number of hydrogen-bond donors (Lipinski definition) is 2. The summed E-state index contributed by atoms with van der Waals surface area (Å²) in [5.41, 5.74) is 7.36. The van der Waals surface area contributed by atoms with Crippen molar-refractivity contribution in [1.29, 1.82) is 0 Å². The Balaban J connectivity index is 1.81. The van der Waals surface area contributed by atoms with Crippen LogP contribution in [0, 0.1) is 6.92 Å². The molecule has 0 bridgehead atoms. The van der Waals surface area contributed by atoms with Crippen molar-refractivity contribution in [3.63, 3.8) is 0 Å². The van der Waals surface area contributed by atoms with Gasteiger partial charge in [-0.15, -0.1) is 0 Å². The van der Waals surface area contributed by atoms with Crippen molar-refractivity contribution < 1.29 is 0 Å². The molecule has 0 aliphatic carbocycles. The van der Waals surface area contributed by atoms with E-state index in [0.717, 1.165) is 21.9 Å². The van der Waals surface area contributed by atoms with Gasteiger partial charge in [-0.3, -0.25) is 0 Å². The van der Waals surface area contributed by atoms with Gasteiger partial charge in [0.25, 0.3) is 0 Å². The van der Waals surface area contributed by atoms with Gasteiger partial charge < -0.3 is 10.7 Å². The van der Waals surface area contributed by atoms with Crippen molar-refractivity contribution in [1.82, 2.24) is 19.9 Å². The molecule has 0 saturated carbocycles. The fourth-order valence-corrected chi connectivity index (χ4v) is 3.05. The number of hydrogen-bond acceptors (Lipinski definition) is 5. The number of aromatic amines is 1. The van der Waals surface area contributed by atoms with Gasteiger partial charge in [0.15, 0.2) is 0 Å². The van der Waals surface area contributed by atoms with Crippen molar-refractivity contribution in [2.45, 2.75) is 17.7 Å². The smallest absolute Gasteiger partial charge is 0.128 e. The molecule has 0 saturated heterocycles. The van der Waals surface area contributed by atoms with Crippen LogP contribution in [-0.2, 0) is 5.75 Å². The maximum Gasteiger partial charge on any atom is 0.128 e. The number of aryl methyl sites for hydroxylation is 1. The van der Waals surface area contributed by atoms with Crippen LogP contribution in [0.15, 0.2) is 23.2 Å². The molecule has 21 heavy (non-hydrogen) atoms. The van der Waals surface area contributed by atoms with Crippen molar-refractivity contribution in [3.8, 4) is 0 Å². The second kappa shape index (κ2) is 5.71. The highest BCUT2D eigenvalue weighted by Gasteiger charge is 2.08. The van der Waals surface area contributed by atoms with Crippen LogP contribution >= 0.6 is 35.0 Å². The predicted octanol–water partition coefficient (Wildman–Crippen LogP) is 3.84. The molecule has 0 unspecified atom stereocenters. The first-order chi connectivity index (χ1) is 10.0. The molecular weight excluding hydrogens is 329 g/mol. The van der Waals surface area contributed by atoms with E-state index in [4.69, 9.17) is 28.9 Å². The highest BCUT2D eigenvalue weighted by molar-refractivity contribution is 7.98. The Morgan fingerprint density at radius 1 is 1.14 bits per heavy atom. The summed E-state index contributed by atoms with van der Waals surface area (Å²) in [6.45, 7) is 1.81. The number of rotatable bonds is 3. The lowest BCUT2D eigenvalue weighted by Crippen LogP contribution is -1.96. The van der Waals surface area contributed by atoms with E-state index in [9.17, 15) is 0 Å². The molecular formula is C13H11Cl2N5S. The maximum atomic E-state index is 5.99. The zero-order chi connectivity index (χ0) is 15.0. The molecule has 2 aromatic heterocycles. The Morgan fingerprint density at radius 3 is 2.67 bits per heavy atom. The lowest BCUT2D eigenvalue weighted by molar-refractivity contribution is 0.973. The van der Waals surface area contributed by atoms with E-state index in [-0.39, 0.29) is 0 Å². The fraction of sp³-hybridized carbons (Fsp3) is 0.154. The molecule has 108 valence electrons. The minimum atomic E-state index is 0.466. The Labute approximate surface area is 135 Å². The number of halogens is 2. The lowest BCUT2D eigenvalue weighted by Gasteiger charge is -2.01. The van der Waals surface area contributed by atoms with Crippen LogP contribution in [0.4, 0.5) is 5.82 Å². The molecule has 0 amide bonds. The average molecular weight is 340 g/mol. The quantitative estimate of drug-likeness (QED) is 0.559. The van der Waals surface area contributed by atoms with Crippen LogP contribution in [0.3, 0.4) is 0 Å². The molecule has 1 aromatic carbocycles. The fourth-order valence-electron chi connectivity index (χ4n) is 1.90. The first-order valence-corrected chi connectivity index (χ1v) is 7.83. The van der Waals surface area contributed by atoms with Gasteiger partial charge in [-0.2, -0.15) is 0 Å². The number of imidazole rings is 1. The zero-order valence-corrected chi connectivity index (χ0v) is 13.4. The third-order valence-electron chi connectivity index (χ3n) is 2.76. The van der Waals surface area contributed by atoms with Crippen LogP contribution < -0.4 is 5.73 Å². The van der Waals surface area contributed by atoms with Gasteiger partial charge in [0, 0.05) is 6.07 Å². The molecule has 5 nitrogen and oxygen atoms in total. The van der Waals surface area contributed by atoms with E-state index in [2.05, 4.69) is 19.9 Å². The molecule has 3 N–H and O–H groups in total. The summed E-state index contributed by atoms with van der Waals surface area (Å²) < 4.78 is 0. The first kappa shape index (κ1) is 14.4. The van der Waals surface area contributed by atoms with Crippen LogP contribution in [0.1, 0.15) is 11.6 Å². The van der Waals surface area contributed by atoms with Crippen LogP contribution in [-0.4, -0.2) is 19.9 Å². The van der Waals surface area contributed by atoms with Gasteiger partial charge >= 0.3 is 0 Å². The summed E-state index contributed by atoms with van der Waals surface area (Å²) in [5.74, 6) is 2.58. The molecule has 0 aliphatic heterocycles. The molecule has 0 aliphatic rings. The van der Waals surface area contributed by atoms with Crippen molar-refractivity contribution in [2.75, 3.05) is 5.73 Å². The molecule has 3 aromatic rings. The van der Waals surface area contributed by atoms with E-state index in [1.165, 1.54) is 11.8 Å². The van der Waals surface area contributed by atoms with Gasteiger partial charge in [0.2, 0.25) is 0 Å². The summed E-state index contributed by atoms with van der Waals surface area (Å²) in [6, 6.07) is 5.26. The van der Waals surface area contributed by atoms with Gasteiger partial charge in [-0.25, -0.2) is 15.0 Å². The third kappa shape index (κ3) is 3.23. The van der Waals surface area contributed by atoms with Crippen molar-refractivity contribution in [2.24, 2.45) is 0 Å². The molecule has 0 atom stereocenters. The summed E-state index contributed by atoms with van der Waals surface area (Å²) in [7, 11) is 0. The zero-order valence-electron chi connectivity index (χ0n) is 11.0. The van der Waals surface area contributed by atoms with Crippen molar-refractivity contribution >= 4 is 51.8 Å². The van der Waals surface area contributed by atoms with E-state index in [1.807, 2.05) is 6.92 Å². The van der Waals surface area contributed by atoms with E-state index in [1.54, 1.807) is 18.2 Å². The largest absolute Gasteiger partial charge is 0.384 e. The van der Waals surface area contributed by atoms with Crippen molar-refractivity contribution in [3.05, 3.63) is 39.9 Å². The normalized spacial score (nSPS) is 11.2. The summed E-state index contributed by atoms with van der Waals surface area (Å²) in [6.07, 6.45) is 0. The number of fused-ring (bicyclic) bond motifs is 1. The maximum absolute atomic E-state index is 5.99. The van der Waals surface area contributed by atoms with Gasteiger partial charge in [-0.05, 0) is 19.1 Å². The van der Waals surface area contributed by atoms with Crippen LogP contribution in [0.25, 0.3) is 11.0 Å². The SMILES string of the molecule is Cc1nc(N)cc(SCc2nc3cc(Cl)c(Cl)cc3[nH]2)n1. The molecule has 3 rings (SSSR count). The molecule has 8 heteroatoms. The van der Waals surface area contributed by atoms with Gasteiger partial charge in [0.05, 0.1) is 26.8 Å². The highest BCUT2D eigenvalue weighted by atomic mass is 35.5. The summed E-state index contributed by atoms with van der Waals surface area (Å²) in [4.78, 5) is 16.1. The first-order valence-electron chi connectivity index (χ1n) is 6.09. The van der Waals surface area contributed by atoms with Gasteiger partial charge in [-0.1, -0.05) is 35.0 Å². The number of thioether (sulfide) groups is 1. The Kier molecular flexibility index (Phi) is 3.93. The minimum absolute atomic E-state index is 0.466. The van der Waals surface area contributed by atoms with Crippen LogP contribution in [0.2, 0.25) is 10.0 Å². The molecule has 0 spiro atoms. The predicted molar refractivity (Wildman–Crippen MR) is 86.9 cm³/mol. The number of benzene rings is 1. The number of H-pyrrole nitrogens is 1. The number of nitrogens with two attached hydrogens (primary N) is 1. The lowest BCUT2D eigenvalue weighted by atomic mass is 10.3. The Morgan fingerprint density at radius 2 is 1.90 bits per heavy atom. The number of anilines is 1. The van der Waals surface area contributed by atoms with E-state index >= 15 is 0 Å². The van der Waals surface area contributed by atoms with E-state index in [0.29, 0.717) is 27.4 Å². The Hall–Kier alpha value is -1.50. The van der Waals surface area contributed by atoms with Crippen LogP contribution in [0.5, 0.6) is 0 Å². The second-order valence-electron chi connectivity index (χ2n) is 4.43. The third-order valence-corrected chi connectivity index (χ3v) is 4.41.